The van der Waals surface area contributed by atoms with E-state index in [1.54, 1.807) is 36.4 Å². The number of esters is 2. The topological polar surface area (TPSA) is 321 Å². The lowest BCUT2D eigenvalue weighted by atomic mass is 9.84. The van der Waals surface area contributed by atoms with E-state index in [2.05, 4.69) is 40.1 Å². The number of hydrogen-bond donors (Lipinski definition) is 0. The second-order valence-corrected chi connectivity index (χ2v) is 17.7. The maximum atomic E-state index is 13.7. The Kier molecular flexibility index (Phi) is 16.2. The van der Waals surface area contributed by atoms with Crippen molar-refractivity contribution < 1.29 is 57.0 Å². The van der Waals surface area contributed by atoms with Crippen LogP contribution in [-0.4, -0.2) is 123 Å². The van der Waals surface area contributed by atoms with E-state index in [0.29, 0.717) is 25.7 Å². The quantitative estimate of drug-likeness (QED) is 0.0473. The molecule has 0 amide bonds. The highest BCUT2D eigenvalue weighted by atomic mass is 16.8. The van der Waals surface area contributed by atoms with E-state index in [1.165, 1.54) is 24.3 Å². The Labute approximate surface area is 390 Å². The molecule has 2 spiro atoms. The van der Waals surface area contributed by atoms with Crippen LogP contribution < -0.4 is 0 Å². The van der Waals surface area contributed by atoms with Crippen molar-refractivity contribution in [3.05, 3.63) is 114 Å². The Morgan fingerprint density at radius 3 is 1.91 bits per heavy atom. The van der Waals surface area contributed by atoms with Crippen LogP contribution >= 0.6 is 0 Å². The van der Waals surface area contributed by atoms with E-state index in [1.807, 2.05) is 6.92 Å². The molecule has 8 rings (SSSR count). The predicted molar refractivity (Wildman–Crippen MR) is 235 cm³/mol. The highest BCUT2D eigenvalue weighted by Gasteiger charge is 2.59. The highest BCUT2D eigenvalue weighted by Crippen LogP contribution is 2.47. The summed E-state index contributed by atoms with van der Waals surface area (Å²) in [5, 5.41) is 15.9. The molecule has 0 radical (unpaired) electrons. The van der Waals surface area contributed by atoms with E-state index < -0.39 is 110 Å². The number of benzene rings is 2. The van der Waals surface area contributed by atoms with Crippen LogP contribution in [0.2, 0.25) is 0 Å². The van der Waals surface area contributed by atoms with E-state index in [9.17, 15) is 31.7 Å². The Hall–Kier alpha value is -5.70. The first-order valence-corrected chi connectivity index (χ1v) is 23.1. The molecule has 24 nitrogen and oxygen atoms in total. The van der Waals surface area contributed by atoms with Crippen molar-refractivity contribution in [2.24, 2.45) is 20.5 Å². The zero-order chi connectivity index (χ0) is 47.5. The molecule has 3 heterocycles. The third-order valence-corrected chi connectivity index (χ3v) is 13.3. The SMILES string of the molecule is C[C@@H]1OC2(CCCCC2)OCC1O[C@H](O[C@@H]1C(N=[N+]=[N-])C[C@@H](N=[N+]=[N-])[C@H]2OC3(CCCCC3)OC12)[C@@H](CO[C@@H]1O[C@H](CN=[N+]=[N-])C(OC(=O)c2ccccc2)[C@@H]1OC(=O)c1ccccc1)N=[N+]=[N-]. The first-order valence-electron chi connectivity index (χ1n) is 23.1. The lowest BCUT2D eigenvalue weighted by Gasteiger charge is -2.47. The van der Waals surface area contributed by atoms with Gasteiger partial charge in [0.25, 0.3) is 0 Å². The standard InChI is InChI=1S/C44H54N12O12/c1-26-33(25-60-43(66-26)18-10-4-11-19-43)62-41(65-34-29(50-54-46)22-30(51-55-47)35-37(34)68-44(67-35)20-12-5-13-21-44)31(52-56-48)24-59-42-38(64-40(58)28-16-8-3-9-17-28)36(32(61-42)23-49-53-45)63-39(57)27-14-6-2-7-15-27/h2-3,6-9,14-17,26,29-38,41-42H,4-5,10-13,18-25H2,1H3/t26-,29?,30+,31+,32+,33?,34+,35+,36?,37?,38-,41+,42+/m0/s1. The van der Waals surface area contributed by atoms with Gasteiger partial charge in [0.1, 0.15) is 24.4 Å². The highest BCUT2D eigenvalue weighted by molar-refractivity contribution is 5.90. The number of azide groups is 4. The van der Waals surface area contributed by atoms with Crippen LogP contribution in [0.15, 0.2) is 81.1 Å². The summed E-state index contributed by atoms with van der Waals surface area (Å²) >= 11 is 0. The van der Waals surface area contributed by atoms with Crippen LogP contribution in [0.4, 0.5) is 0 Å². The van der Waals surface area contributed by atoms with Crippen molar-refractivity contribution in [1.82, 2.24) is 0 Å². The smallest absolute Gasteiger partial charge is 0.338 e. The third kappa shape index (κ3) is 11.2. The molecule has 2 aromatic carbocycles. The second kappa shape index (κ2) is 22.6. The first-order chi connectivity index (χ1) is 33.2. The number of nitrogens with zero attached hydrogens (tertiary/aromatic N) is 12. The van der Waals surface area contributed by atoms with E-state index in [-0.39, 0.29) is 30.7 Å². The molecule has 3 aliphatic carbocycles. The van der Waals surface area contributed by atoms with Gasteiger partial charge in [0, 0.05) is 45.3 Å². The van der Waals surface area contributed by atoms with E-state index in [0.717, 1.165) is 38.5 Å². The molecule has 3 saturated heterocycles. The fourth-order valence-corrected chi connectivity index (χ4v) is 9.97. The summed E-state index contributed by atoms with van der Waals surface area (Å²) in [5.41, 5.74) is 39.2. The summed E-state index contributed by atoms with van der Waals surface area (Å²) in [6.07, 6.45) is -3.00. The monoisotopic (exact) mass is 942 g/mol. The van der Waals surface area contributed by atoms with Gasteiger partial charge < -0.3 is 47.4 Å². The third-order valence-electron chi connectivity index (χ3n) is 13.3. The first kappa shape index (κ1) is 48.7. The van der Waals surface area contributed by atoms with E-state index >= 15 is 0 Å². The average Bonchev–Trinajstić information content (AvgIpc) is 3.88. The molecule has 68 heavy (non-hydrogen) atoms. The summed E-state index contributed by atoms with van der Waals surface area (Å²) in [6, 6.07) is 13.0. The van der Waals surface area contributed by atoms with Crippen LogP contribution in [0.25, 0.3) is 41.8 Å². The van der Waals surface area contributed by atoms with Crippen molar-refractivity contribution in [2.45, 2.75) is 169 Å². The zero-order valence-electron chi connectivity index (χ0n) is 37.4. The number of rotatable bonds is 17. The lowest BCUT2D eigenvalue weighted by Crippen LogP contribution is -2.58. The summed E-state index contributed by atoms with van der Waals surface area (Å²) in [7, 11) is 0. The minimum atomic E-state index is -1.52. The molecule has 3 saturated carbocycles. The number of ether oxygens (including phenoxy) is 10. The van der Waals surface area contributed by atoms with Gasteiger partial charge in [0.15, 0.2) is 36.4 Å². The molecule has 0 N–H and O–H groups in total. The summed E-state index contributed by atoms with van der Waals surface area (Å²) < 4.78 is 64.3. The van der Waals surface area contributed by atoms with Crippen molar-refractivity contribution in [3.63, 3.8) is 0 Å². The average molecular weight is 943 g/mol. The van der Waals surface area contributed by atoms with Crippen molar-refractivity contribution in [1.29, 1.82) is 0 Å². The molecule has 362 valence electrons. The molecule has 13 atom stereocenters. The van der Waals surface area contributed by atoms with Crippen LogP contribution in [0.5, 0.6) is 0 Å². The molecule has 4 unspecified atom stereocenters. The lowest BCUT2D eigenvalue weighted by molar-refractivity contribution is -0.353. The van der Waals surface area contributed by atoms with Crippen molar-refractivity contribution in [3.8, 4) is 0 Å². The number of hydrogen-bond acceptors (Lipinski definition) is 16. The van der Waals surface area contributed by atoms with Crippen LogP contribution in [0, 0.1) is 0 Å². The van der Waals surface area contributed by atoms with E-state index in [4.69, 9.17) is 47.4 Å². The maximum absolute atomic E-state index is 13.7. The second-order valence-electron chi connectivity index (χ2n) is 17.7. The Morgan fingerprint density at radius 1 is 0.706 bits per heavy atom. The fraction of sp³-hybridized carbons (Fsp3) is 0.682. The Morgan fingerprint density at radius 2 is 1.31 bits per heavy atom. The summed E-state index contributed by atoms with van der Waals surface area (Å²) in [6.45, 7) is 1.04. The molecule has 6 fully saturated rings. The molecule has 0 bridgehead atoms. The normalized spacial score (nSPS) is 32.2. The van der Waals surface area contributed by atoms with Crippen LogP contribution in [0.1, 0.15) is 98.3 Å². The molecular weight excluding hydrogens is 889 g/mol. The summed E-state index contributed by atoms with van der Waals surface area (Å²) in [4.78, 5) is 39.4. The number of carbonyl (C=O) groups is 2. The maximum Gasteiger partial charge on any atom is 0.338 e. The van der Waals surface area contributed by atoms with Gasteiger partial charge in [-0.15, -0.1) is 0 Å². The zero-order valence-corrected chi connectivity index (χ0v) is 37.4. The van der Waals surface area contributed by atoms with Gasteiger partial charge in [-0.25, -0.2) is 9.59 Å². The van der Waals surface area contributed by atoms with Crippen molar-refractivity contribution >= 4 is 11.9 Å². The van der Waals surface area contributed by atoms with Gasteiger partial charge >= 0.3 is 11.9 Å². The van der Waals surface area contributed by atoms with Gasteiger partial charge in [-0.1, -0.05) is 69.7 Å². The molecule has 0 aromatic heterocycles. The number of carbonyl (C=O) groups excluding carboxylic acids is 2. The fourth-order valence-electron chi connectivity index (χ4n) is 9.97. The van der Waals surface area contributed by atoms with Gasteiger partial charge in [0.2, 0.25) is 0 Å². The largest absolute Gasteiger partial charge is 0.452 e. The van der Waals surface area contributed by atoms with Crippen LogP contribution in [-0.2, 0) is 47.4 Å². The van der Waals surface area contributed by atoms with Crippen molar-refractivity contribution in [2.75, 3.05) is 19.8 Å². The minimum absolute atomic E-state index is 0.0312. The van der Waals surface area contributed by atoms with Gasteiger partial charge in [-0.2, -0.15) is 0 Å². The minimum Gasteiger partial charge on any atom is -0.452 e. The van der Waals surface area contributed by atoms with Gasteiger partial charge in [-0.05, 0) is 85.4 Å². The molecule has 3 aliphatic heterocycles. The predicted octanol–water partition coefficient (Wildman–Crippen LogP) is 8.57. The Bertz CT molecular complexity index is 2250. The van der Waals surface area contributed by atoms with Gasteiger partial charge in [0.05, 0.1) is 61.3 Å². The van der Waals surface area contributed by atoms with Gasteiger partial charge in [-0.3, -0.25) is 0 Å². The Balaban J connectivity index is 1.11. The molecular formula is C44H54N12O12. The molecule has 6 aliphatic rings. The summed E-state index contributed by atoms with van der Waals surface area (Å²) in [5.74, 6) is -3.36. The molecule has 24 heteroatoms. The number of fused-ring (bicyclic) bond motifs is 1. The molecule has 2 aromatic rings. The van der Waals surface area contributed by atoms with Crippen LogP contribution in [0.3, 0.4) is 0 Å².